The first-order chi connectivity index (χ1) is 8.59. The highest BCUT2D eigenvalue weighted by Crippen LogP contribution is 2.35. The highest BCUT2D eigenvalue weighted by molar-refractivity contribution is 5.82. The molecule has 104 valence electrons. The van der Waals surface area contributed by atoms with Gasteiger partial charge >= 0.3 is 0 Å². The Kier molecular flexibility index (Phi) is 4.66. The Labute approximate surface area is 111 Å². The van der Waals surface area contributed by atoms with E-state index in [0.717, 1.165) is 18.9 Å². The minimum Gasteiger partial charge on any atom is -0.338 e. The van der Waals surface area contributed by atoms with Gasteiger partial charge in [0.1, 0.15) is 0 Å². The first kappa shape index (κ1) is 13.9. The van der Waals surface area contributed by atoms with Gasteiger partial charge in [0.05, 0.1) is 6.04 Å². The molecular formula is C15H28N2O. The summed E-state index contributed by atoms with van der Waals surface area (Å²) in [4.78, 5) is 14.6. The van der Waals surface area contributed by atoms with E-state index in [1.165, 1.54) is 38.5 Å². The zero-order chi connectivity index (χ0) is 13.1. The summed E-state index contributed by atoms with van der Waals surface area (Å²) >= 11 is 0. The molecule has 0 aromatic carbocycles. The summed E-state index contributed by atoms with van der Waals surface area (Å²) in [6.07, 6.45) is 8.44. The SMILES string of the molecule is CC(C)C[C@H](N)C(=O)N1CCC[C@H]2CCCC[C@H]21. The molecule has 1 saturated carbocycles. The second-order valence-corrected chi connectivity index (χ2v) is 6.52. The molecule has 1 saturated heterocycles. The average Bonchev–Trinajstić information content (AvgIpc) is 2.36. The van der Waals surface area contributed by atoms with Crippen molar-refractivity contribution < 1.29 is 4.79 Å². The molecule has 2 aliphatic rings. The first-order valence-corrected chi connectivity index (χ1v) is 7.65. The number of carbonyl (C=O) groups excluding carboxylic acids is 1. The predicted octanol–water partition coefficient (Wildman–Crippen LogP) is 2.54. The van der Waals surface area contributed by atoms with Crippen molar-refractivity contribution in [2.45, 2.75) is 70.9 Å². The van der Waals surface area contributed by atoms with E-state index < -0.39 is 0 Å². The normalized spacial score (nSPS) is 30.1. The van der Waals surface area contributed by atoms with Gasteiger partial charge in [-0.25, -0.2) is 0 Å². The molecule has 0 radical (unpaired) electrons. The van der Waals surface area contributed by atoms with Crippen molar-refractivity contribution in [1.82, 2.24) is 4.90 Å². The monoisotopic (exact) mass is 252 g/mol. The Morgan fingerprint density at radius 2 is 1.89 bits per heavy atom. The van der Waals surface area contributed by atoms with E-state index in [1.54, 1.807) is 0 Å². The van der Waals surface area contributed by atoms with Gasteiger partial charge in [-0.15, -0.1) is 0 Å². The predicted molar refractivity (Wildman–Crippen MR) is 74.1 cm³/mol. The second kappa shape index (κ2) is 6.05. The van der Waals surface area contributed by atoms with Crippen LogP contribution >= 0.6 is 0 Å². The fraction of sp³-hybridized carbons (Fsp3) is 0.933. The number of piperidine rings is 1. The number of likely N-dealkylation sites (tertiary alicyclic amines) is 1. The van der Waals surface area contributed by atoms with Crippen LogP contribution < -0.4 is 5.73 Å². The zero-order valence-electron chi connectivity index (χ0n) is 11.9. The van der Waals surface area contributed by atoms with Gasteiger partial charge in [-0.1, -0.05) is 26.7 Å². The molecule has 3 heteroatoms. The van der Waals surface area contributed by atoms with E-state index in [0.29, 0.717) is 12.0 Å². The third-order valence-electron chi connectivity index (χ3n) is 4.57. The van der Waals surface area contributed by atoms with Gasteiger partial charge in [0, 0.05) is 12.6 Å². The molecule has 3 atom stereocenters. The fourth-order valence-corrected chi connectivity index (χ4v) is 3.72. The average molecular weight is 252 g/mol. The van der Waals surface area contributed by atoms with Gasteiger partial charge in [-0.2, -0.15) is 0 Å². The van der Waals surface area contributed by atoms with E-state index in [4.69, 9.17) is 5.73 Å². The maximum atomic E-state index is 12.5. The molecule has 2 N–H and O–H groups in total. The molecule has 0 bridgehead atoms. The van der Waals surface area contributed by atoms with E-state index in [-0.39, 0.29) is 11.9 Å². The van der Waals surface area contributed by atoms with Crippen molar-refractivity contribution in [3.63, 3.8) is 0 Å². The standard InChI is InChI=1S/C15H28N2O/c1-11(2)10-13(16)15(18)17-9-5-7-12-6-3-4-8-14(12)17/h11-14H,3-10,16H2,1-2H3/t12-,13+,14-/m1/s1. The second-order valence-electron chi connectivity index (χ2n) is 6.52. The van der Waals surface area contributed by atoms with Crippen LogP contribution in [0.4, 0.5) is 0 Å². The number of carbonyl (C=O) groups is 1. The minimum atomic E-state index is -0.286. The number of rotatable bonds is 3. The first-order valence-electron chi connectivity index (χ1n) is 7.65. The molecule has 0 aromatic heterocycles. The van der Waals surface area contributed by atoms with Crippen molar-refractivity contribution >= 4 is 5.91 Å². The molecule has 1 aliphatic carbocycles. The smallest absolute Gasteiger partial charge is 0.239 e. The number of nitrogens with two attached hydrogens (primary N) is 1. The molecule has 0 spiro atoms. The van der Waals surface area contributed by atoms with Crippen molar-refractivity contribution in [2.24, 2.45) is 17.6 Å². The van der Waals surface area contributed by atoms with Crippen LogP contribution in [0.3, 0.4) is 0 Å². The summed E-state index contributed by atoms with van der Waals surface area (Å²) in [6.45, 7) is 5.20. The quantitative estimate of drug-likeness (QED) is 0.839. The van der Waals surface area contributed by atoms with E-state index in [2.05, 4.69) is 18.7 Å². The molecule has 18 heavy (non-hydrogen) atoms. The Bertz CT molecular complexity index is 288. The summed E-state index contributed by atoms with van der Waals surface area (Å²) in [5.41, 5.74) is 6.08. The Balaban J connectivity index is 1.99. The van der Waals surface area contributed by atoms with E-state index in [1.807, 2.05) is 0 Å². The van der Waals surface area contributed by atoms with Crippen LogP contribution in [0, 0.1) is 11.8 Å². The molecule has 2 rings (SSSR count). The van der Waals surface area contributed by atoms with Crippen LogP contribution in [0.25, 0.3) is 0 Å². The van der Waals surface area contributed by atoms with Crippen molar-refractivity contribution in [3.8, 4) is 0 Å². The Morgan fingerprint density at radius 3 is 2.61 bits per heavy atom. The lowest BCUT2D eigenvalue weighted by atomic mass is 9.78. The maximum Gasteiger partial charge on any atom is 0.239 e. The van der Waals surface area contributed by atoms with Crippen LogP contribution in [0.1, 0.15) is 58.8 Å². The highest BCUT2D eigenvalue weighted by atomic mass is 16.2. The zero-order valence-corrected chi connectivity index (χ0v) is 11.9. The van der Waals surface area contributed by atoms with Gasteiger partial charge in [-0.05, 0) is 43.9 Å². The van der Waals surface area contributed by atoms with Crippen LogP contribution in [-0.2, 0) is 4.79 Å². The molecule has 0 aromatic rings. The van der Waals surface area contributed by atoms with Crippen LogP contribution in [0.5, 0.6) is 0 Å². The van der Waals surface area contributed by atoms with Gasteiger partial charge in [0.25, 0.3) is 0 Å². The number of amides is 1. The molecule has 1 heterocycles. The molecular weight excluding hydrogens is 224 g/mol. The minimum absolute atomic E-state index is 0.209. The lowest BCUT2D eigenvalue weighted by Gasteiger charge is -2.45. The largest absolute Gasteiger partial charge is 0.338 e. The van der Waals surface area contributed by atoms with E-state index in [9.17, 15) is 4.79 Å². The van der Waals surface area contributed by atoms with Crippen molar-refractivity contribution in [1.29, 1.82) is 0 Å². The van der Waals surface area contributed by atoms with Crippen LogP contribution in [0.2, 0.25) is 0 Å². The summed E-state index contributed by atoms with van der Waals surface area (Å²) in [7, 11) is 0. The maximum absolute atomic E-state index is 12.5. The van der Waals surface area contributed by atoms with Gasteiger partial charge in [0.15, 0.2) is 0 Å². The number of hydrogen-bond donors (Lipinski definition) is 1. The summed E-state index contributed by atoms with van der Waals surface area (Å²) in [5.74, 6) is 1.46. The van der Waals surface area contributed by atoms with Crippen molar-refractivity contribution in [2.75, 3.05) is 6.54 Å². The molecule has 1 amide bonds. The van der Waals surface area contributed by atoms with E-state index >= 15 is 0 Å². The van der Waals surface area contributed by atoms with Gasteiger partial charge in [0.2, 0.25) is 5.91 Å². The summed E-state index contributed by atoms with van der Waals surface area (Å²) in [5, 5.41) is 0. The van der Waals surface area contributed by atoms with Gasteiger partial charge < -0.3 is 10.6 Å². The third-order valence-corrected chi connectivity index (χ3v) is 4.57. The molecule has 0 unspecified atom stereocenters. The van der Waals surface area contributed by atoms with Crippen LogP contribution in [0.15, 0.2) is 0 Å². The summed E-state index contributed by atoms with van der Waals surface area (Å²) in [6, 6.07) is 0.212. The molecule has 2 fully saturated rings. The Hall–Kier alpha value is -0.570. The lowest BCUT2D eigenvalue weighted by Crippen LogP contribution is -2.54. The molecule has 3 nitrogen and oxygen atoms in total. The topological polar surface area (TPSA) is 46.3 Å². The Morgan fingerprint density at radius 1 is 1.22 bits per heavy atom. The lowest BCUT2D eigenvalue weighted by molar-refractivity contribution is -0.139. The number of fused-ring (bicyclic) bond motifs is 1. The summed E-state index contributed by atoms with van der Waals surface area (Å²) < 4.78 is 0. The highest BCUT2D eigenvalue weighted by Gasteiger charge is 2.37. The number of hydrogen-bond acceptors (Lipinski definition) is 2. The van der Waals surface area contributed by atoms with Crippen molar-refractivity contribution in [3.05, 3.63) is 0 Å². The van der Waals surface area contributed by atoms with Gasteiger partial charge in [-0.3, -0.25) is 4.79 Å². The third kappa shape index (κ3) is 3.05. The van der Waals surface area contributed by atoms with Crippen LogP contribution in [-0.4, -0.2) is 29.4 Å². The molecule has 1 aliphatic heterocycles. The number of nitrogens with zero attached hydrogens (tertiary/aromatic N) is 1. The fourth-order valence-electron chi connectivity index (χ4n) is 3.72.